The van der Waals surface area contributed by atoms with Gasteiger partial charge in [0.25, 0.3) is 0 Å². The second-order valence-electron chi connectivity index (χ2n) is 12.5. The summed E-state index contributed by atoms with van der Waals surface area (Å²) in [5.41, 5.74) is 7.65. The molecule has 0 aliphatic heterocycles. The summed E-state index contributed by atoms with van der Waals surface area (Å²) in [4.78, 5) is 0. The summed E-state index contributed by atoms with van der Waals surface area (Å²) in [6, 6.07) is 52.9. The molecule has 0 aliphatic carbocycles. The topological polar surface area (TPSA) is 33.6 Å². The van der Waals surface area contributed by atoms with Gasteiger partial charge in [0, 0.05) is 73.3 Å². The van der Waals surface area contributed by atoms with Crippen molar-refractivity contribution >= 4 is 107 Å². The van der Waals surface area contributed by atoms with Crippen LogP contribution >= 0.6 is 22.7 Å². The van der Waals surface area contributed by atoms with Gasteiger partial charge in [-0.25, -0.2) is 0 Å². The highest BCUT2D eigenvalue weighted by Crippen LogP contribution is 2.43. The third-order valence-corrected chi connectivity index (χ3v) is 12.2. The highest BCUT2D eigenvalue weighted by Gasteiger charge is 2.18. The molecule has 0 radical (unpaired) electrons. The molecule has 0 amide bonds. The summed E-state index contributed by atoms with van der Waals surface area (Å²) in [7, 11) is 0. The smallest absolute Gasteiger partial charge is 0.0991 e. The molecule has 4 heterocycles. The van der Waals surface area contributed by atoms with E-state index in [1.165, 1.54) is 67.8 Å². The van der Waals surface area contributed by atoms with Crippen molar-refractivity contribution in [3.8, 4) is 17.4 Å². The fourth-order valence-corrected chi connectivity index (χ4v) is 10.0. The van der Waals surface area contributed by atoms with Gasteiger partial charge in [0.1, 0.15) is 0 Å². The Hall–Kier alpha value is -5.93. The van der Waals surface area contributed by atoms with Gasteiger partial charge in [-0.05, 0) is 84.9 Å². The Bertz CT molecular complexity index is 3200. The summed E-state index contributed by atoms with van der Waals surface area (Å²) in [6.07, 6.45) is 0. The largest absolute Gasteiger partial charge is 0.309 e. The molecule has 0 bridgehead atoms. The van der Waals surface area contributed by atoms with E-state index in [0.717, 1.165) is 27.5 Å². The average molecular weight is 646 g/mol. The molecule has 0 unspecified atom stereocenters. The first-order valence-electron chi connectivity index (χ1n) is 16.0. The van der Waals surface area contributed by atoms with Gasteiger partial charge in [-0.3, -0.25) is 0 Å². The average Bonchev–Trinajstić information content (AvgIpc) is 3.87. The van der Waals surface area contributed by atoms with Crippen LogP contribution in [-0.2, 0) is 0 Å². The molecule has 0 N–H and O–H groups in total. The highest BCUT2D eigenvalue weighted by molar-refractivity contribution is 7.26. The first-order chi connectivity index (χ1) is 23.7. The minimum Gasteiger partial charge on any atom is -0.309 e. The number of hydrogen-bond donors (Lipinski definition) is 0. The quantitative estimate of drug-likeness (QED) is 0.184. The molecule has 0 spiro atoms. The lowest BCUT2D eigenvalue weighted by molar-refractivity contribution is 1.18. The second-order valence-corrected chi connectivity index (χ2v) is 14.6. The Balaban J connectivity index is 1.17. The lowest BCUT2D eigenvalue weighted by Gasteiger charge is -2.10. The maximum atomic E-state index is 9.62. The van der Waals surface area contributed by atoms with Gasteiger partial charge >= 0.3 is 0 Å². The zero-order chi connectivity index (χ0) is 31.5. The van der Waals surface area contributed by atoms with Crippen LogP contribution in [0.15, 0.2) is 140 Å². The SMILES string of the molecule is N#Cc1ccc2c(c1)c1ccccc1n2-c1ccc2sc3ccc(-n4c5ccccc5c5cc6sc7ccccc7c6cc54)cc3c2c1. The zero-order valence-electron chi connectivity index (χ0n) is 25.4. The minimum atomic E-state index is 0.676. The first kappa shape index (κ1) is 26.2. The summed E-state index contributed by atoms with van der Waals surface area (Å²) in [5, 5.41) is 19.6. The van der Waals surface area contributed by atoms with Gasteiger partial charge < -0.3 is 9.13 Å². The predicted molar refractivity (Wildman–Crippen MR) is 206 cm³/mol. The minimum absolute atomic E-state index is 0.676. The standard InChI is InChI=1S/C43H23N3S2/c44-24-25-13-16-38-31(19-25)28-7-1-4-10-36(28)45(38)26-14-17-41-33(20-26)34-21-27(15-18-42(34)47-41)46-37-11-5-2-8-29(37)32-23-43-35(22-39(32)46)30-9-3-6-12-40(30)48-43/h1-23H. The van der Waals surface area contributed by atoms with Crippen molar-refractivity contribution < 1.29 is 0 Å². The number of hydrogen-bond acceptors (Lipinski definition) is 3. The number of thiophene rings is 2. The number of rotatable bonds is 2. The van der Waals surface area contributed by atoms with Gasteiger partial charge in [0.05, 0.1) is 33.7 Å². The van der Waals surface area contributed by atoms with Crippen LogP contribution in [0.2, 0.25) is 0 Å². The highest BCUT2D eigenvalue weighted by atomic mass is 32.1. The molecule has 5 heteroatoms. The number of fused-ring (bicyclic) bond motifs is 12. The molecule has 7 aromatic carbocycles. The van der Waals surface area contributed by atoms with E-state index >= 15 is 0 Å². The van der Waals surface area contributed by atoms with Crippen LogP contribution in [0.25, 0.3) is 95.3 Å². The van der Waals surface area contributed by atoms with E-state index in [0.29, 0.717) is 5.56 Å². The summed E-state index contributed by atoms with van der Waals surface area (Å²) < 4.78 is 9.98. The normalized spacial score (nSPS) is 12.1. The van der Waals surface area contributed by atoms with E-state index in [1.807, 2.05) is 34.8 Å². The van der Waals surface area contributed by atoms with Crippen molar-refractivity contribution in [2.45, 2.75) is 0 Å². The van der Waals surface area contributed by atoms with Crippen LogP contribution in [0.4, 0.5) is 0 Å². The van der Waals surface area contributed by atoms with E-state index < -0.39 is 0 Å². The molecule has 0 aliphatic rings. The summed E-state index contributed by atoms with van der Waals surface area (Å²) >= 11 is 3.72. The van der Waals surface area contributed by atoms with Gasteiger partial charge in [0.2, 0.25) is 0 Å². The molecule has 0 fully saturated rings. The van der Waals surface area contributed by atoms with Gasteiger partial charge in [-0.1, -0.05) is 54.6 Å². The fourth-order valence-electron chi connectivity index (χ4n) is 7.82. The van der Waals surface area contributed by atoms with Crippen molar-refractivity contribution in [2.75, 3.05) is 0 Å². The number of nitriles is 1. The Morgan fingerprint density at radius 1 is 0.375 bits per heavy atom. The molecule has 3 nitrogen and oxygen atoms in total. The van der Waals surface area contributed by atoms with Crippen molar-refractivity contribution in [1.29, 1.82) is 5.26 Å². The van der Waals surface area contributed by atoms with Crippen LogP contribution in [0, 0.1) is 11.3 Å². The van der Waals surface area contributed by atoms with Crippen LogP contribution in [0.5, 0.6) is 0 Å². The Morgan fingerprint density at radius 3 is 1.58 bits per heavy atom. The Morgan fingerprint density at radius 2 is 0.896 bits per heavy atom. The number of nitrogens with zero attached hydrogens (tertiary/aromatic N) is 3. The number of benzene rings is 7. The molecule has 11 aromatic rings. The molecule has 222 valence electrons. The van der Waals surface area contributed by atoms with Gasteiger partial charge in [0.15, 0.2) is 0 Å². The zero-order valence-corrected chi connectivity index (χ0v) is 27.1. The van der Waals surface area contributed by atoms with E-state index in [2.05, 4.69) is 143 Å². The van der Waals surface area contributed by atoms with E-state index in [-0.39, 0.29) is 0 Å². The Labute approximate surface area is 282 Å². The molecule has 11 rings (SSSR count). The van der Waals surface area contributed by atoms with Crippen molar-refractivity contribution in [2.24, 2.45) is 0 Å². The van der Waals surface area contributed by atoms with Crippen LogP contribution < -0.4 is 0 Å². The summed E-state index contributed by atoms with van der Waals surface area (Å²) in [6.45, 7) is 0. The van der Waals surface area contributed by atoms with Crippen molar-refractivity contribution in [3.05, 3.63) is 145 Å². The van der Waals surface area contributed by atoms with E-state index in [9.17, 15) is 5.26 Å². The number of aromatic nitrogens is 2. The summed E-state index contributed by atoms with van der Waals surface area (Å²) in [5.74, 6) is 0. The molecule has 48 heavy (non-hydrogen) atoms. The molecule has 0 saturated carbocycles. The molecular weight excluding hydrogens is 623 g/mol. The van der Waals surface area contributed by atoms with E-state index in [1.54, 1.807) is 0 Å². The van der Waals surface area contributed by atoms with Crippen LogP contribution in [0.1, 0.15) is 5.56 Å². The van der Waals surface area contributed by atoms with Crippen molar-refractivity contribution in [1.82, 2.24) is 9.13 Å². The van der Waals surface area contributed by atoms with Crippen LogP contribution in [0.3, 0.4) is 0 Å². The monoisotopic (exact) mass is 645 g/mol. The van der Waals surface area contributed by atoms with Crippen molar-refractivity contribution in [3.63, 3.8) is 0 Å². The third kappa shape index (κ3) is 3.51. The first-order valence-corrected chi connectivity index (χ1v) is 17.6. The molecule has 0 saturated heterocycles. The number of para-hydroxylation sites is 2. The fraction of sp³-hybridized carbons (Fsp3) is 0. The van der Waals surface area contributed by atoms with E-state index in [4.69, 9.17) is 0 Å². The third-order valence-electron chi connectivity index (χ3n) is 9.93. The van der Waals surface area contributed by atoms with Crippen LogP contribution in [-0.4, -0.2) is 9.13 Å². The molecule has 4 aromatic heterocycles. The van der Waals surface area contributed by atoms with Gasteiger partial charge in [-0.15, -0.1) is 22.7 Å². The maximum Gasteiger partial charge on any atom is 0.0991 e. The van der Waals surface area contributed by atoms with Gasteiger partial charge in [-0.2, -0.15) is 5.26 Å². The maximum absolute atomic E-state index is 9.62. The predicted octanol–water partition coefficient (Wildman–Crippen LogP) is 12.5. The Kier molecular flexibility index (Phi) is 5.21. The molecular formula is C43H23N3S2. The lowest BCUT2D eigenvalue weighted by atomic mass is 10.1. The second kappa shape index (κ2) is 9.56. The lowest BCUT2D eigenvalue weighted by Crippen LogP contribution is -1.94. The molecule has 0 atom stereocenters.